The van der Waals surface area contributed by atoms with Crippen LogP contribution in [0.2, 0.25) is 5.02 Å². The summed E-state index contributed by atoms with van der Waals surface area (Å²) in [7, 11) is -1.98. The number of alkyl halides is 2. The Hall–Kier alpha value is -1.46. The van der Waals surface area contributed by atoms with Crippen LogP contribution in [-0.4, -0.2) is 9.96 Å². The van der Waals surface area contributed by atoms with Gasteiger partial charge in [0.25, 0.3) is 5.92 Å². The standard InChI is InChI=1S/C14H12ClF2NOS/c15-11-7-4-8-12(18)13(11)20(19)9-14(16,17)10-5-2-1-3-6-10/h1-8H,9,18H2. The highest BCUT2D eigenvalue weighted by Crippen LogP contribution is 2.33. The lowest BCUT2D eigenvalue weighted by Crippen LogP contribution is -2.22. The monoisotopic (exact) mass is 315 g/mol. The van der Waals surface area contributed by atoms with E-state index >= 15 is 0 Å². The molecule has 0 saturated heterocycles. The fraction of sp³-hybridized carbons (Fsp3) is 0.143. The van der Waals surface area contributed by atoms with E-state index in [1.807, 2.05) is 0 Å². The van der Waals surface area contributed by atoms with E-state index in [2.05, 4.69) is 0 Å². The van der Waals surface area contributed by atoms with Crippen LogP contribution in [0.1, 0.15) is 5.56 Å². The van der Waals surface area contributed by atoms with E-state index in [0.717, 1.165) is 0 Å². The smallest absolute Gasteiger partial charge is 0.284 e. The average molecular weight is 316 g/mol. The molecule has 20 heavy (non-hydrogen) atoms. The predicted octanol–water partition coefficient (Wildman–Crippen LogP) is 3.82. The van der Waals surface area contributed by atoms with Crippen LogP contribution in [0.4, 0.5) is 14.5 Å². The maximum Gasteiger partial charge on any atom is 0.284 e. The normalized spacial score (nSPS) is 13.2. The molecule has 106 valence electrons. The van der Waals surface area contributed by atoms with Crippen LogP contribution >= 0.6 is 11.6 Å². The van der Waals surface area contributed by atoms with Gasteiger partial charge >= 0.3 is 0 Å². The third-order valence-corrected chi connectivity index (χ3v) is 4.70. The second-order valence-corrected chi connectivity index (χ2v) is 6.01. The Balaban J connectivity index is 2.28. The molecule has 2 N–H and O–H groups in total. The number of nitrogens with two attached hydrogens (primary N) is 1. The fourth-order valence-electron chi connectivity index (χ4n) is 1.77. The van der Waals surface area contributed by atoms with Crippen molar-refractivity contribution in [3.63, 3.8) is 0 Å². The van der Waals surface area contributed by atoms with Gasteiger partial charge in [-0.1, -0.05) is 48.0 Å². The molecule has 6 heteroatoms. The van der Waals surface area contributed by atoms with Crippen LogP contribution in [-0.2, 0) is 16.7 Å². The predicted molar refractivity (Wildman–Crippen MR) is 77.5 cm³/mol. The van der Waals surface area contributed by atoms with Gasteiger partial charge in [-0.25, -0.2) is 8.78 Å². The molecule has 2 aromatic carbocycles. The molecule has 2 aromatic rings. The van der Waals surface area contributed by atoms with E-state index in [0.29, 0.717) is 0 Å². The van der Waals surface area contributed by atoms with Gasteiger partial charge in [0.15, 0.2) is 0 Å². The van der Waals surface area contributed by atoms with Crippen LogP contribution in [0.3, 0.4) is 0 Å². The van der Waals surface area contributed by atoms with Crippen molar-refractivity contribution in [2.75, 3.05) is 11.5 Å². The Bertz CT molecular complexity index is 614. The molecule has 0 fully saturated rings. The minimum atomic E-state index is -3.21. The largest absolute Gasteiger partial charge is 0.398 e. The molecule has 0 spiro atoms. The van der Waals surface area contributed by atoms with Gasteiger partial charge in [-0.15, -0.1) is 0 Å². The summed E-state index contributed by atoms with van der Waals surface area (Å²) < 4.78 is 40.3. The third kappa shape index (κ3) is 3.16. The molecule has 0 aliphatic heterocycles. The quantitative estimate of drug-likeness (QED) is 0.872. The van der Waals surface area contributed by atoms with Crippen molar-refractivity contribution in [3.8, 4) is 0 Å². The summed E-state index contributed by atoms with van der Waals surface area (Å²) in [6.07, 6.45) is 0. The summed E-state index contributed by atoms with van der Waals surface area (Å²) in [6.45, 7) is 0. The first-order valence-electron chi connectivity index (χ1n) is 5.77. The Morgan fingerprint density at radius 1 is 1.10 bits per heavy atom. The zero-order valence-corrected chi connectivity index (χ0v) is 11.9. The van der Waals surface area contributed by atoms with Crippen LogP contribution in [0.15, 0.2) is 53.4 Å². The number of halogens is 3. The average Bonchev–Trinajstić information content (AvgIpc) is 2.39. The molecule has 0 heterocycles. The highest BCUT2D eigenvalue weighted by atomic mass is 35.5. The Labute approximate surface area is 123 Å². The number of rotatable bonds is 4. The highest BCUT2D eigenvalue weighted by molar-refractivity contribution is 7.85. The number of anilines is 1. The molecule has 0 bridgehead atoms. The second kappa shape index (κ2) is 5.89. The summed E-state index contributed by atoms with van der Waals surface area (Å²) in [5.41, 5.74) is 5.63. The SMILES string of the molecule is Nc1cccc(Cl)c1S(=O)CC(F)(F)c1ccccc1. The maximum absolute atomic E-state index is 14.1. The molecule has 0 amide bonds. The van der Waals surface area contributed by atoms with Gasteiger partial charge in [-0.2, -0.15) is 0 Å². The Morgan fingerprint density at radius 3 is 2.35 bits per heavy atom. The molecule has 0 aliphatic carbocycles. The first-order chi connectivity index (χ1) is 9.42. The zero-order chi connectivity index (χ0) is 14.8. The van der Waals surface area contributed by atoms with E-state index in [1.165, 1.54) is 36.4 Å². The van der Waals surface area contributed by atoms with Gasteiger partial charge in [0.2, 0.25) is 0 Å². The number of nitrogen functional groups attached to an aromatic ring is 1. The van der Waals surface area contributed by atoms with Crippen molar-refractivity contribution in [2.45, 2.75) is 10.8 Å². The zero-order valence-electron chi connectivity index (χ0n) is 10.4. The van der Waals surface area contributed by atoms with Gasteiger partial charge in [-0.05, 0) is 12.1 Å². The minimum absolute atomic E-state index is 0.0600. The van der Waals surface area contributed by atoms with Crippen molar-refractivity contribution < 1.29 is 13.0 Å². The van der Waals surface area contributed by atoms with E-state index in [1.54, 1.807) is 12.1 Å². The van der Waals surface area contributed by atoms with Crippen molar-refractivity contribution in [1.29, 1.82) is 0 Å². The molecule has 0 saturated carbocycles. The Morgan fingerprint density at radius 2 is 1.75 bits per heavy atom. The molecular weight excluding hydrogens is 304 g/mol. The van der Waals surface area contributed by atoms with Crippen LogP contribution in [0.25, 0.3) is 0 Å². The maximum atomic E-state index is 14.1. The van der Waals surface area contributed by atoms with Crippen LogP contribution < -0.4 is 5.73 Å². The number of benzene rings is 2. The summed E-state index contributed by atoms with van der Waals surface area (Å²) in [4.78, 5) is 0.0600. The van der Waals surface area contributed by atoms with Gasteiger partial charge in [0.1, 0.15) is 0 Å². The lowest BCUT2D eigenvalue weighted by molar-refractivity contribution is 0.0222. The molecule has 0 aromatic heterocycles. The lowest BCUT2D eigenvalue weighted by Gasteiger charge is -2.17. The van der Waals surface area contributed by atoms with E-state index in [-0.39, 0.29) is 21.2 Å². The molecule has 1 atom stereocenters. The van der Waals surface area contributed by atoms with Crippen molar-refractivity contribution in [3.05, 3.63) is 59.1 Å². The first kappa shape index (κ1) is 14.9. The molecule has 0 aliphatic rings. The van der Waals surface area contributed by atoms with Crippen molar-refractivity contribution in [2.24, 2.45) is 0 Å². The van der Waals surface area contributed by atoms with Gasteiger partial charge in [0.05, 0.1) is 26.5 Å². The van der Waals surface area contributed by atoms with Crippen LogP contribution in [0, 0.1) is 0 Å². The van der Waals surface area contributed by atoms with Crippen LogP contribution in [0.5, 0.6) is 0 Å². The fourth-order valence-corrected chi connectivity index (χ4v) is 3.46. The van der Waals surface area contributed by atoms with Gasteiger partial charge < -0.3 is 5.73 Å². The van der Waals surface area contributed by atoms with Crippen molar-refractivity contribution >= 4 is 28.1 Å². The van der Waals surface area contributed by atoms with Crippen molar-refractivity contribution in [1.82, 2.24) is 0 Å². The Kier molecular flexibility index (Phi) is 4.40. The topological polar surface area (TPSA) is 43.1 Å². The molecule has 1 unspecified atom stereocenters. The second-order valence-electron chi connectivity index (χ2n) is 4.22. The van der Waals surface area contributed by atoms with E-state index in [9.17, 15) is 13.0 Å². The summed E-state index contributed by atoms with van der Waals surface area (Å²) >= 11 is 5.88. The summed E-state index contributed by atoms with van der Waals surface area (Å²) in [5, 5.41) is 0.132. The number of hydrogen-bond donors (Lipinski definition) is 1. The summed E-state index contributed by atoms with van der Waals surface area (Å²) in [5.74, 6) is -4.07. The first-order valence-corrected chi connectivity index (χ1v) is 7.47. The van der Waals surface area contributed by atoms with E-state index in [4.69, 9.17) is 17.3 Å². The molecule has 0 radical (unpaired) electrons. The molecule has 2 nitrogen and oxygen atoms in total. The summed E-state index contributed by atoms with van der Waals surface area (Å²) in [6, 6.07) is 11.8. The number of hydrogen-bond acceptors (Lipinski definition) is 2. The third-order valence-electron chi connectivity index (χ3n) is 2.73. The van der Waals surface area contributed by atoms with E-state index < -0.39 is 22.5 Å². The molecular formula is C14H12ClF2NOS. The van der Waals surface area contributed by atoms with Gasteiger partial charge in [0, 0.05) is 11.3 Å². The highest BCUT2D eigenvalue weighted by Gasteiger charge is 2.35. The molecule has 2 rings (SSSR count). The lowest BCUT2D eigenvalue weighted by atomic mass is 10.1. The minimum Gasteiger partial charge on any atom is -0.398 e. The van der Waals surface area contributed by atoms with Gasteiger partial charge in [-0.3, -0.25) is 4.21 Å².